The van der Waals surface area contributed by atoms with Crippen LogP contribution >= 0.6 is 0 Å². The van der Waals surface area contributed by atoms with Gasteiger partial charge in [-0.3, -0.25) is 4.79 Å². The summed E-state index contributed by atoms with van der Waals surface area (Å²) in [6, 6.07) is 26.0. The third kappa shape index (κ3) is 5.40. The zero-order chi connectivity index (χ0) is 22.4. The highest BCUT2D eigenvalue weighted by Gasteiger charge is 2.23. The lowest BCUT2D eigenvalue weighted by atomic mass is 9.91. The van der Waals surface area contributed by atoms with Crippen LogP contribution in [-0.4, -0.2) is 38.3 Å². The Kier molecular flexibility index (Phi) is 7.25. The number of hydrogen-bond donors (Lipinski definition) is 1. The fourth-order valence-electron chi connectivity index (χ4n) is 3.32. The van der Waals surface area contributed by atoms with Crippen molar-refractivity contribution in [3.8, 4) is 0 Å². The molecule has 1 amide bonds. The van der Waals surface area contributed by atoms with E-state index in [1.54, 1.807) is 19.2 Å². The highest BCUT2D eigenvalue weighted by Crippen LogP contribution is 2.24. The minimum absolute atomic E-state index is 0.0192. The third-order valence-electron chi connectivity index (χ3n) is 5.39. The Labute approximate surface area is 184 Å². The van der Waals surface area contributed by atoms with Gasteiger partial charge >= 0.3 is 0 Å². The molecular weight excluding hydrogens is 408 g/mol. The molecule has 3 aromatic carbocycles. The van der Waals surface area contributed by atoms with Crippen LogP contribution in [0.1, 0.15) is 41.3 Å². The first kappa shape index (κ1) is 22.7. The van der Waals surface area contributed by atoms with Gasteiger partial charge in [0.25, 0.3) is 5.91 Å². The van der Waals surface area contributed by atoms with Crippen LogP contribution in [0, 0.1) is 0 Å². The summed E-state index contributed by atoms with van der Waals surface area (Å²) in [6.45, 7) is 4.06. The first-order chi connectivity index (χ1) is 14.8. The van der Waals surface area contributed by atoms with Gasteiger partial charge in [0.05, 0.1) is 4.90 Å². The molecule has 0 unspecified atom stereocenters. The van der Waals surface area contributed by atoms with Crippen LogP contribution in [0.5, 0.6) is 0 Å². The van der Waals surface area contributed by atoms with E-state index in [0.29, 0.717) is 12.1 Å². The van der Waals surface area contributed by atoms with Gasteiger partial charge in [0, 0.05) is 31.1 Å². The predicted octanol–water partition coefficient (Wildman–Crippen LogP) is 4.28. The van der Waals surface area contributed by atoms with E-state index in [0.717, 1.165) is 11.1 Å². The van der Waals surface area contributed by atoms with Crippen LogP contribution in [0.3, 0.4) is 0 Å². The third-order valence-corrected chi connectivity index (χ3v) is 7.44. The van der Waals surface area contributed by atoms with Crippen molar-refractivity contribution >= 4 is 15.9 Å². The molecule has 1 N–H and O–H groups in total. The van der Waals surface area contributed by atoms with Crippen LogP contribution in [0.25, 0.3) is 0 Å². The van der Waals surface area contributed by atoms with E-state index in [-0.39, 0.29) is 22.8 Å². The number of nitrogens with one attached hydrogen (secondary N) is 1. The molecule has 0 aliphatic heterocycles. The number of sulfonamides is 1. The fourth-order valence-corrected chi connectivity index (χ4v) is 4.69. The molecule has 162 valence electrons. The fraction of sp³-hybridized carbons (Fsp3) is 0.240. The molecule has 0 aliphatic carbocycles. The Morgan fingerprint density at radius 2 is 1.32 bits per heavy atom. The molecular formula is C25H28N2O3S. The van der Waals surface area contributed by atoms with Crippen molar-refractivity contribution in [2.24, 2.45) is 0 Å². The van der Waals surface area contributed by atoms with Gasteiger partial charge in [-0.15, -0.1) is 0 Å². The molecule has 3 aromatic rings. The summed E-state index contributed by atoms with van der Waals surface area (Å²) in [7, 11) is -2.03. The molecule has 3 rings (SSSR count). The van der Waals surface area contributed by atoms with Gasteiger partial charge in [0.2, 0.25) is 10.0 Å². The summed E-state index contributed by atoms with van der Waals surface area (Å²) < 4.78 is 26.5. The Morgan fingerprint density at radius 3 is 1.77 bits per heavy atom. The minimum Gasteiger partial charge on any atom is -0.351 e. The molecule has 5 nitrogen and oxygen atoms in total. The van der Waals surface area contributed by atoms with Crippen molar-refractivity contribution in [1.82, 2.24) is 9.62 Å². The second-order valence-electron chi connectivity index (χ2n) is 7.72. The number of carbonyl (C=O) groups is 1. The lowest BCUT2D eigenvalue weighted by molar-refractivity contribution is 0.0952. The molecule has 0 aliphatic rings. The summed E-state index contributed by atoms with van der Waals surface area (Å²) in [5.41, 5.74) is 2.66. The van der Waals surface area contributed by atoms with Gasteiger partial charge in [-0.1, -0.05) is 60.7 Å². The van der Waals surface area contributed by atoms with E-state index >= 15 is 0 Å². The van der Waals surface area contributed by atoms with Crippen molar-refractivity contribution < 1.29 is 13.2 Å². The molecule has 0 radical (unpaired) electrons. The summed E-state index contributed by atoms with van der Waals surface area (Å²) in [5.74, 6) is -0.219. The smallest absolute Gasteiger partial charge is 0.251 e. The number of amides is 1. The Hall–Kier alpha value is -2.96. The van der Waals surface area contributed by atoms with Crippen LogP contribution in [-0.2, 0) is 10.0 Å². The van der Waals surface area contributed by atoms with Crippen LogP contribution < -0.4 is 5.32 Å². The molecule has 31 heavy (non-hydrogen) atoms. The van der Waals surface area contributed by atoms with Gasteiger partial charge in [0.15, 0.2) is 0 Å². The number of nitrogens with zero attached hydrogens (tertiary/aromatic N) is 1. The Bertz CT molecular complexity index is 1060. The van der Waals surface area contributed by atoms with E-state index in [9.17, 15) is 13.2 Å². The van der Waals surface area contributed by atoms with E-state index in [1.165, 1.54) is 16.4 Å². The standard InChI is InChI=1S/C25H28N2O3S/c1-19(2)27(3)31(29,30)23-16-14-22(15-17-23)25(28)26-18-24(20-10-6-4-7-11-20)21-12-8-5-9-13-21/h4-17,19,24H,18H2,1-3H3,(H,26,28). The van der Waals surface area contributed by atoms with Crippen molar-refractivity contribution in [1.29, 1.82) is 0 Å². The number of carbonyl (C=O) groups excluding carboxylic acids is 1. The monoisotopic (exact) mass is 436 g/mol. The normalized spacial score (nSPS) is 11.8. The van der Waals surface area contributed by atoms with E-state index < -0.39 is 10.0 Å². The molecule has 0 fully saturated rings. The number of benzene rings is 3. The molecule has 6 heteroatoms. The summed E-state index contributed by atoms with van der Waals surface area (Å²) in [6.07, 6.45) is 0. The summed E-state index contributed by atoms with van der Waals surface area (Å²) in [5, 5.41) is 3.00. The summed E-state index contributed by atoms with van der Waals surface area (Å²) in [4.78, 5) is 12.9. The lowest BCUT2D eigenvalue weighted by Gasteiger charge is -2.21. The van der Waals surface area contributed by atoms with Crippen molar-refractivity contribution in [2.45, 2.75) is 30.7 Å². The first-order valence-electron chi connectivity index (χ1n) is 10.3. The van der Waals surface area contributed by atoms with Crippen LogP contribution in [0.2, 0.25) is 0 Å². The molecule has 0 atom stereocenters. The van der Waals surface area contributed by atoms with Crippen molar-refractivity contribution in [2.75, 3.05) is 13.6 Å². The molecule has 0 heterocycles. The molecule has 0 saturated carbocycles. The average molecular weight is 437 g/mol. The minimum atomic E-state index is -3.58. The lowest BCUT2D eigenvalue weighted by Crippen LogP contribution is -2.33. The maximum absolute atomic E-state index is 12.7. The second-order valence-corrected chi connectivity index (χ2v) is 9.72. The zero-order valence-corrected chi connectivity index (χ0v) is 18.8. The first-order valence-corrected chi connectivity index (χ1v) is 11.7. The number of rotatable bonds is 8. The van der Waals surface area contributed by atoms with E-state index in [2.05, 4.69) is 29.6 Å². The zero-order valence-electron chi connectivity index (χ0n) is 18.0. The average Bonchev–Trinajstić information content (AvgIpc) is 2.80. The highest BCUT2D eigenvalue weighted by molar-refractivity contribution is 7.89. The maximum atomic E-state index is 12.7. The van der Waals surface area contributed by atoms with Crippen molar-refractivity contribution in [3.63, 3.8) is 0 Å². The molecule has 0 saturated heterocycles. The SMILES string of the molecule is CC(C)N(C)S(=O)(=O)c1ccc(C(=O)NCC(c2ccccc2)c2ccccc2)cc1. The largest absolute Gasteiger partial charge is 0.351 e. The van der Waals surface area contributed by atoms with E-state index in [1.807, 2.05) is 50.2 Å². The van der Waals surface area contributed by atoms with Gasteiger partial charge < -0.3 is 5.32 Å². The van der Waals surface area contributed by atoms with Crippen molar-refractivity contribution in [3.05, 3.63) is 102 Å². The Balaban J connectivity index is 1.75. The van der Waals surface area contributed by atoms with Gasteiger partial charge in [-0.2, -0.15) is 4.31 Å². The number of hydrogen-bond acceptors (Lipinski definition) is 3. The Morgan fingerprint density at radius 1 is 0.839 bits per heavy atom. The molecule has 0 aromatic heterocycles. The van der Waals surface area contributed by atoms with Gasteiger partial charge in [0.1, 0.15) is 0 Å². The molecule has 0 spiro atoms. The van der Waals surface area contributed by atoms with Gasteiger partial charge in [-0.25, -0.2) is 8.42 Å². The topological polar surface area (TPSA) is 66.5 Å². The molecule has 0 bridgehead atoms. The highest BCUT2D eigenvalue weighted by atomic mass is 32.2. The van der Waals surface area contributed by atoms with Crippen LogP contribution in [0.15, 0.2) is 89.8 Å². The van der Waals surface area contributed by atoms with Crippen LogP contribution in [0.4, 0.5) is 0 Å². The van der Waals surface area contributed by atoms with Gasteiger partial charge in [-0.05, 0) is 49.2 Å². The predicted molar refractivity (Wildman–Crippen MR) is 124 cm³/mol. The maximum Gasteiger partial charge on any atom is 0.251 e. The summed E-state index contributed by atoms with van der Waals surface area (Å²) >= 11 is 0. The quantitative estimate of drug-likeness (QED) is 0.573. The second kappa shape index (κ2) is 9.90. The van der Waals surface area contributed by atoms with E-state index in [4.69, 9.17) is 0 Å².